The molecule has 0 heterocycles. The van der Waals surface area contributed by atoms with E-state index in [2.05, 4.69) is 13.8 Å². The fraction of sp³-hybridized carbons (Fsp3) is 0.917. The standard InChI is InChI=1S/C24H38O4/c1-14(4-7-21(27)28)17-5-6-18-22-19(9-11-24(17,18)3)23(2)10-8-16(25)12-15(23)13-20(22)26/h14-15,17-20,22,26H,4-13H2,1-3H3,(H,27,28)/t14-,15+,17-,18+,19?,20-,22?,23+,24-/m1/s1/i8D2,12D2. The maximum absolute atomic E-state index is 12.6. The van der Waals surface area contributed by atoms with Crippen LogP contribution in [0.5, 0.6) is 0 Å². The van der Waals surface area contributed by atoms with Crippen molar-refractivity contribution in [3.05, 3.63) is 0 Å². The van der Waals surface area contributed by atoms with Crippen molar-refractivity contribution in [2.45, 2.75) is 91.0 Å². The molecule has 0 aliphatic heterocycles. The fourth-order valence-corrected chi connectivity index (χ4v) is 7.91. The van der Waals surface area contributed by atoms with Crippen LogP contribution in [0, 0.1) is 46.3 Å². The van der Waals surface area contributed by atoms with Gasteiger partial charge in [-0.3, -0.25) is 9.59 Å². The first-order valence-electron chi connectivity index (χ1n) is 13.1. The summed E-state index contributed by atoms with van der Waals surface area (Å²) in [6.07, 6.45) is -0.390. The smallest absolute Gasteiger partial charge is 0.303 e. The molecule has 4 rings (SSSR count). The first-order chi connectivity index (χ1) is 14.7. The first kappa shape index (κ1) is 15.9. The molecule has 0 aromatic heterocycles. The van der Waals surface area contributed by atoms with Crippen LogP contribution in [0.4, 0.5) is 0 Å². The summed E-state index contributed by atoms with van der Waals surface area (Å²) in [5.74, 6) is -1.48. The van der Waals surface area contributed by atoms with Gasteiger partial charge in [0.15, 0.2) is 0 Å². The van der Waals surface area contributed by atoms with Gasteiger partial charge in [0.05, 0.1) is 6.10 Å². The molecule has 4 heteroatoms. The molecule has 4 aliphatic rings. The molecular weight excluding hydrogens is 352 g/mol. The van der Waals surface area contributed by atoms with Gasteiger partial charge >= 0.3 is 5.97 Å². The lowest BCUT2D eigenvalue weighted by Crippen LogP contribution is -2.58. The van der Waals surface area contributed by atoms with Gasteiger partial charge < -0.3 is 10.2 Å². The number of aliphatic hydroxyl groups is 1. The van der Waals surface area contributed by atoms with Crippen molar-refractivity contribution in [1.82, 2.24) is 0 Å². The zero-order valence-electron chi connectivity index (χ0n) is 21.4. The highest BCUT2D eigenvalue weighted by atomic mass is 16.4. The number of hydrogen-bond donors (Lipinski definition) is 2. The molecule has 2 unspecified atom stereocenters. The number of Topliss-reactive ketones (excluding diaryl/α,β-unsaturated/α-hetero) is 1. The van der Waals surface area contributed by atoms with Gasteiger partial charge in [0.25, 0.3) is 0 Å². The summed E-state index contributed by atoms with van der Waals surface area (Å²) >= 11 is 0. The summed E-state index contributed by atoms with van der Waals surface area (Å²) in [7, 11) is 0. The molecule has 158 valence electrons. The summed E-state index contributed by atoms with van der Waals surface area (Å²) < 4.78 is 33.6. The van der Waals surface area contributed by atoms with Crippen molar-refractivity contribution >= 4 is 11.8 Å². The molecule has 0 aromatic rings. The molecule has 0 bridgehead atoms. The Morgan fingerprint density at radius 3 is 2.64 bits per heavy atom. The number of aliphatic carboxylic acids is 1. The zero-order valence-corrected chi connectivity index (χ0v) is 17.4. The van der Waals surface area contributed by atoms with E-state index in [4.69, 9.17) is 10.6 Å². The SMILES string of the molecule is [2H]C1([2H])C[C@]2(C)C3CC[C@]4(C)[C@@H]([C@H](C)CCC(=O)O)CC[C@H]4C3[C@H](O)C[C@@H]2C([2H])([2H])C1=O. The fourth-order valence-electron chi connectivity index (χ4n) is 7.91. The van der Waals surface area contributed by atoms with Gasteiger partial charge in [-0.2, -0.15) is 0 Å². The van der Waals surface area contributed by atoms with Crippen molar-refractivity contribution in [3.63, 3.8) is 0 Å². The highest BCUT2D eigenvalue weighted by Gasteiger charge is 2.62. The van der Waals surface area contributed by atoms with E-state index in [1.165, 1.54) is 0 Å². The van der Waals surface area contributed by atoms with E-state index in [9.17, 15) is 14.7 Å². The summed E-state index contributed by atoms with van der Waals surface area (Å²) in [4.78, 5) is 23.7. The Hall–Kier alpha value is -0.900. The molecule has 4 aliphatic carbocycles. The number of rotatable bonds is 4. The highest BCUT2D eigenvalue weighted by Crippen LogP contribution is 2.68. The largest absolute Gasteiger partial charge is 0.481 e. The number of carbonyl (C=O) groups is 2. The maximum atomic E-state index is 12.6. The second-order valence-electron chi connectivity index (χ2n) is 10.6. The maximum Gasteiger partial charge on any atom is 0.303 e. The number of carbonyl (C=O) groups excluding carboxylic acids is 1. The third-order valence-electron chi connectivity index (χ3n) is 9.41. The molecule has 2 N–H and O–H groups in total. The van der Waals surface area contributed by atoms with Crippen molar-refractivity contribution in [3.8, 4) is 0 Å². The minimum atomic E-state index is -2.27. The molecule has 0 aromatic carbocycles. The van der Waals surface area contributed by atoms with Crippen LogP contribution in [0.25, 0.3) is 0 Å². The predicted octanol–water partition coefficient (Wildman–Crippen LogP) is 4.69. The van der Waals surface area contributed by atoms with Crippen LogP contribution in [0.3, 0.4) is 0 Å². The quantitative estimate of drug-likeness (QED) is 0.725. The van der Waals surface area contributed by atoms with E-state index in [-0.39, 0.29) is 48.3 Å². The normalized spacial score (nSPS) is 54.8. The van der Waals surface area contributed by atoms with Gasteiger partial charge in [-0.1, -0.05) is 20.8 Å². The average molecular weight is 395 g/mol. The van der Waals surface area contributed by atoms with Crippen LogP contribution in [-0.4, -0.2) is 28.1 Å². The number of hydrogen-bond acceptors (Lipinski definition) is 3. The Kier molecular flexibility index (Phi) is 4.03. The summed E-state index contributed by atoms with van der Waals surface area (Å²) in [6.45, 7) is 6.42. The van der Waals surface area contributed by atoms with E-state index in [0.29, 0.717) is 12.3 Å². The summed E-state index contributed by atoms with van der Waals surface area (Å²) in [6, 6.07) is 0. The van der Waals surface area contributed by atoms with Crippen LogP contribution in [0.1, 0.15) is 90.4 Å². The highest BCUT2D eigenvalue weighted by molar-refractivity contribution is 5.79. The van der Waals surface area contributed by atoms with E-state index in [1.807, 2.05) is 6.92 Å². The van der Waals surface area contributed by atoms with Crippen molar-refractivity contribution in [2.75, 3.05) is 0 Å². The summed E-state index contributed by atoms with van der Waals surface area (Å²) in [5, 5.41) is 20.4. The molecule has 4 fully saturated rings. The molecule has 9 atom stereocenters. The topological polar surface area (TPSA) is 74.6 Å². The average Bonchev–Trinajstić information content (AvgIpc) is 3.03. The van der Waals surface area contributed by atoms with Crippen LogP contribution in [0.2, 0.25) is 0 Å². The van der Waals surface area contributed by atoms with Gasteiger partial charge in [0.2, 0.25) is 0 Å². The second-order valence-corrected chi connectivity index (χ2v) is 10.6. The number of ketones is 1. The Morgan fingerprint density at radius 2 is 1.93 bits per heavy atom. The lowest BCUT2D eigenvalue weighted by atomic mass is 9.44. The van der Waals surface area contributed by atoms with Crippen LogP contribution in [-0.2, 0) is 9.59 Å². The molecule has 0 radical (unpaired) electrons. The monoisotopic (exact) mass is 394 g/mol. The Labute approximate surface area is 175 Å². The van der Waals surface area contributed by atoms with Crippen LogP contribution < -0.4 is 0 Å². The van der Waals surface area contributed by atoms with Crippen molar-refractivity contribution in [1.29, 1.82) is 0 Å². The molecule has 0 amide bonds. The van der Waals surface area contributed by atoms with Gasteiger partial charge in [0, 0.05) is 24.6 Å². The molecular formula is C24H38O4. The van der Waals surface area contributed by atoms with Crippen LogP contribution in [0.15, 0.2) is 0 Å². The third kappa shape index (κ3) is 3.05. The molecule has 4 saturated carbocycles. The number of aliphatic hydroxyl groups excluding tert-OH is 1. The van der Waals surface area contributed by atoms with E-state index in [0.717, 1.165) is 25.7 Å². The van der Waals surface area contributed by atoms with Gasteiger partial charge in [-0.05, 0) is 91.3 Å². The minimum absolute atomic E-state index is 0.00574. The van der Waals surface area contributed by atoms with Gasteiger partial charge in [-0.25, -0.2) is 0 Å². The van der Waals surface area contributed by atoms with Crippen molar-refractivity contribution < 1.29 is 25.3 Å². The van der Waals surface area contributed by atoms with Gasteiger partial charge in [0.1, 0.15) is 5.78 Å². The van der Waals surface area contributed by atoms with E-state index >= 15 is 0 Å². The second kappa shape index (κ2) is 7.11. The number of carboxylic acid groups (broad SMARTS) is 1. The molecule has 28 heavy (non-hydrogen) atoms. The summed E-state index contributed by atoms with van der Waals surface area (Å²) in [5.41, 5.74) is -0.662. The third-order valence-corrected chi connectivity index (χ3v) is 9.41. The first-order valence-corrected chi connectivity index (χ1v) is 11.1. The van der Waals surface area contributed by atoms with Crippen LogP contribution >= 0.6 is 0 Å². The lowest BCUT2D eigenvalue weighted by molar-refractivity contribution is -0.169. The number of fused-ring (bicyclic) bond motifs is 5. The number of carboxylic acids is 1. The Bertz CT molecular complexity index is 801. The van der Waals surface area contributed by atoms with E-state index < -0.39 is 41.9 Å². The molecule has 0 spiro atoms. The molecule has 0 saturated heterocycles. The zero-order chi connectivity index (χ0) is 23.9. The minimum Gasteiger partial charge on any atom is -0.481 e. The lowest BCUT2D eigenvalue weighted by Gasteiger charge is -2.62. The Balaban J connectivity index is 1.65. The van der Waals surface area contributed by atoms with E-state index in [1.54, 1.807) is 0 Å². The Morgan fingerprint density at radius 1 is 1.21 bits per heavy atom. The van der Waals surface area contributed by atoms with Crippen molar-refractivity contribution in [2.24, 2.45) is 46.3 Å². The molecule has 4 nitrogen and oxygen atoms in total. The van der Waals surface area contributed by atoms with Gasteiger partial charge in [-0.15, -0.1) is 0 Å². The predicted molar refractivity (Wildman–Crippen MR) is 108 cm³/mol.